The fourth-order valence-corrected chi connectivity index (χ4v) is 3.52. The molecule has 0 saturated heterocycles. The third-order valence-corrected chi connectivity index (χ3v) is 5.39. The number of fused-ring (bicyclic) bond motifs is 1. The number of pyridine rings is 1. The maximum atomic E-state index is 14.6. The highest BCUT2D eigenvalue weighted by Crippen LogP contribution is 2.47. The third kappa shape index (κ3) is 3.13. The third-order valence-electron chi connectivity index (χ3n) is 5.39. The first-order chi connectivity index (χ1) is 12.6. The lowest BCUT2D eigenvalue weighted by atomic mass is 9.95. The Morgan fingerprint density at radius 2 is 1.85 bits per heavy atom. The standard InChI is InChI=1S/C21H23FN2O2/c22-17-12-19-18(11-16(23-19)3-1-2-10-25)24-20(17)14-4-6-15(7-5-14)21(13-26)8-9-21/h4-7,11-12,23,25-26H,1-3,8-10,13H2. The van der Waals surface area contributed by atoms with Gasteiger partial charge >= 0.3 is 0 Å². The fraction of sp³-hybridized carbons (Fsp3) is 0.381. The van der Waals surface area contributed by atoms with E-state index in [4.69, 9.17) is 5.11 Å². The number of aromatic amines is 1. The molecule has 3 aromatic rings. The van der Waals surface area contributed by atoms with E-state index in [1.165, 1.54) is 6.07 Å². The van der Waals surface area contributed by atoms with E-state index < -0.39 is 0 Å². The van der Waals surface area contributed by atoms with Crippen LogP contribution in [0.1, 0.15) is 36.9 Å². The van der Waals surface area contributed by atoms with Gasteiger partial charge in [0.15, 0.2) is 5.82 Å². The zero-order chi connectivity index (χ0) is 18.1. The number of benzene rings is 1. The predicted molar refractivity (Wildman–Crippen MR) is 99.5 cm³/mol. The molecule has 0 aliphatic heterocycles. The van der Waals surface area contributed by atoms with Crippen LogP contribution in [0.3, 0.4) is 0 Å². The van der Waals surface area contributed by atoms with Gasteiger partial charge in [0, 0.05) is 29.3 Å². The number of hydrogen-bond donors (Lipinski definition) is 3. The van der Waals surface area contributed by atoms with E-state index >= 15 is 0 Å². The van der Waals surface area contributed by atoms with Gasteiger partial charge in [-0.2, -0.15) is 0 Å². The van der Waals surface area contributed by atoms with Gasteiger partial charge in [-0.05, 0) is 43.7 Å². The number of unbranched alkanes of at least 4 members (excludes halogenated alkanes) is 1. The van der Waals surface area contributed by atoms with Crippen molar-refractivity contribution < 1.29 is 14.6 Å². The van der Waals surface area contributed by atoms with E-state index in [2.05, 4.69) is 9.97 Å². The summed E-state index contributed by atoms with van der Waals surface area (Å²) in [6.45, 7) is 0.345. The first-order valence-electron chi connectivity index (χ1n) is 9.16. The van der Waals surface area contributed by atoms with Crippen LogP contribution in [0.25, 0.3) is 22.3 Å². The molecular formula is C21H23FN2O2. The number of halogens is 1. The highest BCUT2D eigenvalue weighted by molar-refractivity contribution is 5.80. The summed E-state index contributed by atoms with van der Waals surface area (Å²) < 4.78 is 14.6. The zero-order valence-corrected chi connectivity index (χ0v) is 14.6. The van der Waals surface area contributed by atoms with E-state index in [0.717, 1.165) is 54.4 Å². The van der Waals surface area contributed by atoms with E-state index in [0.29, 0.717) is 11.2 Å². The van der Waals surface area contributed by atoms with Crippen molar-refractivity contribution in [2.24, 2.45) is 0 Å². The number of H-pyrrole nitrogens is 1. The van der Waals surface area contributed by atoms with E-state index in [-0.39, 0.29) is 24.4 Å². The summed E-state index contributed by atoms with van der Waals surface area (Å²) >= 11 is 0. The van der Waals surface area contributed by atoms with Crippen molar-refractivity contribution in [3.05, 3.63) is 53.5 Å². The lowest BCUT2D eigenvalue weighted by Crippen LogP contribution is -2.11. The average molecular weight is 354 g/mol. The maximum absolute atomic E-state index is 14.6. The van der Waals surface area contributed by atoms with Crippen LogP contribution in [0.4, 0.5) is 4.39 Å². The van der Waals surface area contributed by atoms with Crippen LogP contribution in [0.5, 0.6) is 0 Å². The van der Waals surface area contributed by atoms with Crippen molar-refractivity contribution in [1.29, 1.82) is 0 Å². The number of hydrogen-bond acceptors (Lipinski definition) is 3. The van der Waals surface area contributed by atoms with Crippen molar-refractivity contribution in [2.45, 2.75) is 37.5 Å². The zero-order valence-electron chi connectivity index (χ0n) is 14.6. The van der Waals surface area contributed by atoms with Gasteiger partial charge in [-0.25, -0.2) is 9.37 Å². The molecule has 1 aliphatic rings. The Morgan fingerprint density at radius 1 is 1.08 bits per heavy atom. The molecule has 2 aromatic heterocycles. The summed E-state index contributed by atoms with van der Waals surface area (Å²) in [6.07, 6.45) is 4.45. The first kappa shape index (κ1) is 17.2. The average Bonchev–Trinajstić information content (AvgIpc) is 3.36. The summed E-state index contributed by atoms with van der Waals surface area (Å²) in [5.74, 6) is -0.350. The number of aryl methyl sites for hydroxylation is 1. The molecule has 1 fully saturated rings. The molecule has 5 heteroatoms. The van der Waals surface area contributed by atoms with E-state index in [1.807, 2.05) is 30.3 Å². The van der Waals surface area contributed by atoms with Gasteiger partial charge in [-0.1, -0.05) is 24.3 Å². The Morgan fingerprint density at radius 3 is 2.50 bits per heavy atom. The van der Waals surface area contributed by atoms with Gasteiger partial charge in [-0.15, -0.1) is 0 Å². The number of nitrogens with zero attached hydrogens (tertiary/aromatic N) is 1. The summed E-state index contributed by atoms with van der Waals surface area (Å²) in [6, 6.07) is 11.2. The summed E-state index contributed by atoms with van der Waals surface area (Å²) in [7, 11) is 0. The van der Waals surface area contributed by atoms with Crippen molar-refractivity contribution in [3.63, 3.8) is 0 Å². The summed E-state index contributed by atoms with van der Waals surface area (Å²) in [5.41, 5.74) is 4.56. The molecule has 1 saturated carbocycles. The lowest BCUT2D eigenvalue weighted by molar-refractivity contribution is 0.255. The molecule has 0 atom stereocenters. The maximum Gasteiger partial charge on any atom is 0.151 e. The second-order valence-electron chi connectivity index (χ2n) is 7.24. The minimum absolute atomic E-state index is 0.0848. The Labute approximate surface area is 151 Å². The predicted octanol–water partition coefficient (Wildman–Crippen LogP) is 3.71. The molecule has 0 radical (unpaired) electrons. The number of rotatable bonds is 7. The molecule has 1 aliphatic carbocycles. The van der Waals surface area contributed by atoms with Gasteiger partial charge < -0.3 is 15.2 Å². The van der Waals surface area contributed by atoms with Gasteiger partial charge in [0.1, 0.15) is 5.69 Å². The molecule has 0 bridgehead atoms. The van der Waals surface area contributed by atoms with E-state index in [1.54, 1.807) is 0 Å². The van der Waals surface area contributed by atoms with Gasteiger partial charge in [0.2, 0.25) is 0 Å². The molecule has 136 valence electrons. The van der Waals surface area contributed by atoms with E-state index in [9.17, 15) is 9.50 Å². The van der Waals surface area contributed by atoms with Crippen LogP contribution in [-0.4, -0.2) is 33.4 Å². The molecule has 4 nitrogen and oxygen atoms in total. The van der Waals surface area contributed by atoms with Crippen molar-refractivity contribution in [3.8, 4) is 11.3 Å². The minimum Gasteiger partial charge on any atom is -0.396 e. The van der Waals surface area contributed by atoms with Crippen LogP contribution >= 0.6 is 0 Å². The second kappa shape index (κ2) is 6.82. The SMILES string of the molecule is OCCCCc1cc2nc(-c3ccc(C4(CO)CC4)cc3)c(F)cc2[nH]1. The van der Waals surface area contributed by atoms with Crippen LogP contribution in [0.2, 0.25) is 0 Å². The van der Waals surface area contributed by atoms with Gasteiger partial charge in [0.05, 0.1) is 17.6 Å². The Kier molecular flexibility index (Phi) is 4.51. The van der Waals surface area contributed by atoms with Crippen LogP contribution in [-0.2, 0) is 11.8 Å². The highest BCUT2D eigenvalue weighted by Gasteiger charge is 2.43. The molecule has 0 unspecified atom stereocenters. The first-order valence-corrected chi connectivity index (χ1v) is 9.16. The molecule has 2 heterocycles. The van der Waals surface area contributed by atoms with Crippen LogP contribution in [0.15, 0.2) is 36.4 Å². The molecular weight excluding hydrogens is 331 g/mol. The Balaban J connectivity index is 1.62. The molecule has 0 spiro atoms. The number of nitrogens with one attached hydrogen (secondary N) is 1. The number of aromatic nitrogens is 2. The van der Waals surface area contributed by atoms with Crippen LogP contribution in [0, 0.1) is 5.82 Å². The Bertz CT molecular complexity index is 914. The van der Waals surface area contributed by atoms with Crippen molar-refractivity contribution >= 4 is 11.0 Å². The number of aliphatic hydroxyl groups excluding tert-OH is 2. The van der Waals surface area contributed by atoms with Crippen molar-refractivity contribution in [1.82, 2.24) is 9.97 Å². The van der Waals surface area contributed by atoms with Crippen molar-refractivity contribution in [2.75, 3.05) is 13.2 Å². The van der Waals surface area contributed by atoms with Gasteiger partial charge in [-0.3, -0.25) is 0 Å². The fourth-order valence-electron chi connectivity index (χ4n) is 3.52. The second-order valence-corrected chi connectivity index (χ2v) is 7.24. The monoisotopic (exact) mass is 354 g/mol. The molecule has 3 N–H and O–H groups in total. The molecule has 4 rings (SSSR count). The minimum atomic E-state index is -0.350. The number of aliphatic hydroxyl groups is 2. The Hall–Kier alpha value is -2.24. The topological polar surface area (TPSA) is 69.1 Å². The van der Waals surface area contributed by atoms with Crippen LogP contribution < -0.4 is 0 Å². The smallest absolute Gasteiger partial charge is 0.151 e. The normalized spacial score (nSPS) is 15.5. The van der Waals surface area contributed by atoms with Gasteiger partial charge in [0.25, 0.3) is 0 Å². The molecule has 26 heavy (non-hydrogen) atoms. The lowest BCUT2D eigenvalue weighted by Gasteiger charge is -2.12. The summed E-state index contributed by atoms with van der Waals surface area (Å²) in [4.78, 5) is 7.72. The quantitative estimate of drug-likeness (QED) is 0.567. The molecule has 1 aromatic carbocycles. The molecule has 0 amide bonds. The largest absolute Gasteiger partial charge is 0.396 e. The summed E-state index contributed by atoms with van der Waals surface area (Å²) in [5, 5.41) is 18.4. The highest BCUT2D eigenvalue weighted by atomic mass is 19.1.